The molecule has 2 N–H and O–H groups in total. The lowest BCUT2D eigenvalue weighted by Crippen LogP contribution is -2.35. The first kappa shape index (κ1) is 15.0. The van der Waals surface area contributed by atoms with Crippen molar-refractivity contribution in [3.8, 4) is 0 Å². The Morgan fingerprint density at radius 3 is 2.44 bits per heavy atom. The molecule has 1 amide bonds. The summed E-state index contributed by atoms with van der Waals surface area (Å²) in [6.45, 7) is 4.55. The fraction of sp³-hybridized carbons (Fsp3) is 0.857. The predicted molar refractivity (Wildman–Crippen MR) is 70.2 cm³/mol. The van der Waals surface area contributed by atoms with Gasteiger partial charge in [-0.2, -0.15) is 0 Å². The molecule has 1 atom stereocenters. The molecule has 1 unspecified atom stereocenters. The van der Waals surface area contributed by atoms with Crippen molar-refractivity contribution in [2.45, 2.75) is 58.8 Å². The lowest BCUT2D eigenvalue weighted by Gasteiger charge is -2.15. The third-order valence-electron chi connectivity index (χ3n) is 3.95. The van der Waals surface area contributed by atoms with Crippen molar-refractivity contribution < 1.29 is 14.7 Å². The van der Waals surface area contributed by atoms with Crippen molar-refractivity contribution >= 4 is 11.9 Å². The number of nitrogens with one attached hydrogen (secondary N) is 1. The van der Waals surface area contributed by atoms with Gasteiger partial charge in [0.15, 0.2) is 0 Å². The van der Waals surface area contributed by atoms with Crippen LogP contribution >= 0.6 is 0 Å². The fourth-order valence-corrected chi connectivity index (χ4v) is 2.16. The van der Waals surface area contributed by atoms with Gasteiger partial charge in [0.25, 0.3) is 0 Å². The molecule has 0 saturated heterocycles. The van der Waals surface area contributed by atoms with Crippen LogP contribution in [0, 0.1) is 11.3 Å². The van der Waals surface area contributed by atoms with Crippen LogP contribution in [0.15, 0.2) is 0 Å². The van der Waals surface area contributed by atoms with Gasteiger partial charge in [-0.25, -0.2) is 0 Å². The molecule has 104 valence electrons. The van der Waals surface area contributed by atoms with Gasteiger partial charge < -0.3 is 10.4 Å². The van der Waals surface area contributed by atoms with E-state index in [0.29, 0.717) is 31.7 Å². The zero-order chi connectivity index (χ0) is 13.6. The Kier molecular flexibility index (Phi) is 5.63. The number of aliphatic carboxylic acids is 1. The van der Waals surface area contributed by atoms with E-state index in [1.165, 1.54) is 0 Å². The second-order valence-electron chi connectivity index (χ2n) is 5.48. The Morgan fingerprint density at radius 2 is 2.00 bits per heavy atom. The van der Waals surface area contributed by atoms with Gasteiger partial charge in [-0.1, -0.05) is 33.1 Å². The van der Waals surface area contributed by atoms with Crippen LogP contribution in [0.3, 0.4) is 0 Å². The van der Waals surface area contributed by atoms with Crippen LogP contribution < -0.4 is 5.32 Å². The largest absolute Gasteiger partial charge is 0.481 e. The van der Waals surface area contributed by atoms with E-state index in [4.69, 9.17) is 5.11 Å². The monoisotopic (exact) mass is 255 g/mol. The molecular weight excluding hydrogens is 230 g/mol. The van der Waals surface area contributed by atoms with Gasteiger partial charge in [-0.3, -0.25) is 9.59 Å². The van der Waals surface area contributed by atoms with Gasteiger partial charge in [0, 0.05) is 13.0 Å². The SMILES string of the molecule is CCCCC(CC)CC(=O)NCC1(C(=O)O)CC1. The van der Waals surface area contributed by atoms with Crippen LogP contribution in [0.5, 0.6) is 0 Å². The molecule has 1 saturated carbocycles. The van der Waals surface area contributed by atoms with E-state index in [0.717, 1.165) is 25.7 Å². The van der Waals surface area contributed by atoms with Crippen molar-refractivity contribution in [3.63, 3.8) is 0 Å². The highest BCUT2D eigenvalue weighted by atomic mass is 16.4. The number of carboxylic acid groups (broad SMARTS) is 1. The molecule has 0 aromatic rings. The predicted octanol–water partition coefficient (Wildman–Crippen LogP) is 2.57. The molecule has 0 aromatic heterocycles. The van der Waals surface area contributed by atoms with E-state index in [9.17, 15) is 9.59 Å². The maximum atomic E-state index is 11.8. The zero-order valence-electron chi connectivity index (χ0n) is 11.5. The third kappa shape index (κ3) is 4.31. The topological polar surface area (TPSA) is 66.4 Å². The summed E-state index contributed by atoms with van der Waals surface area (Å²) in [5.74, 6) is -0.337. The second-order valence-corrected chi connectivity index (χ2v) is 5.48. The number of hydrogen-bond donors (Lipinski definition) is 2. The Labute approximate surface area is 109 Å². The Bertz CT molecular complexity index is 297. The van der Waals surface area contributed by atoms with E-state index >= 15 is 0 Å². The minimum Gasteiger partial charge on any atom is -0.481 e. The van der Waals surface area contributed by atoms with Crippen molar-refractivity contribution in [2.75, 3.05) is 6.54 Å². The van der Waals surface area contributed by atoms with Gasteiger partial charge in [-0.15, -0.1) is 0 Å². The van der Waals surface area contributed by atoms with E-state index in [-0.39, 0.29) is 5.91 Å². The minimum atomic E-state index is -0.777. The van der Waals surface area contributed by atoms with E-state index in [2.05, 4.69) is 19.2 Å². The minimum absolute atomic E-state index is 0.00507. The van der Waals surface area contributed by atoms with Crippen LogP contribution in [-0.2, 0) is 9.59 Å². The maximum Gasteiger partial charge on any atom is 0.311 e. The quantitative estimate of drug-likeness (QED) is 0.665. The second kappa shape index (κ2) is 6.76. The Balaban J connectivity index is 2.26. The first-order chi connectivity index (χ1) is 8.54. The van der Waals surface area contributed by atoms with Crippen molar-refractivity contribution in [1.29, 1.82) is 0 Å². The first-order valence-corrected chi connectivity index (χ1v) is 7.04. The van der Waals surface area contributed by atoms with E-state index in [1.807, 2.05) is 0 Å². The summed E-state index contributed by atoms with van der Waals surface area (Å²) in [5.41, 5.74) is -0.652. The molecule has 0 aliphatic heterocycles. The molecule has 0 spiro atoms. The standard InChI is InChI=1S/C14H25NO3/c1-3-5-6-11(4-2)9-12(16)15-10-14(7-8-14)13(17)18/h11H,3-10H2,1-2H3,(H,15,16)(H,17,18). The molecule has 1 fully saturated rings. The molecule has 1 rings (SSSR count). The van der Waals surface area contributed by atoms with Crippen LogP contribution in [0.4, 0.5) is 0 Å². The van der Waals surface area contributed by atoms with Gasteiger partial charge in [0.2, 0.25) is 5.91 Å². The number of rotatable bonds is 9. The summed E-state index contributed by atoms with van der Waals surface area (Å²) in [5, 5.41) is 11.8. The van der Waals surface area contributed by atoms with Gasteiger partial charge >= 0.3 is 5.97 Å². The summed E-state index contributed by atoms with van der Waals surface area (Å²) in [6.07, 6.45) is 6.32. The van der Waals surface area contributed by atoms with Crippen molar-refractivity contribution in [1.82, 2.24) is 5.32 Å². The summed E-state index contributed by atoms with van der Waals surface area (Å²) in [6, 6.07) is 0. The average molecular weight is 255 g/mol. The smallest absolute Gasteiger partial charge is 0.311 e. The first-order valence-electron chi connectivity index (χ1n) is 7.04. The van der Waals surface area contributed by atoms with Crippen molar-refractivity contribution in [3.05, 3.63) is 0 Å². The number of carbonyl (C=O) groups excluding carboxylic acids is 1. The van der Waals surface area contributed by atoms with E-state index < -0.39 is 11.4 Å². The lowest BCUT2D eigenvalue weighted by atomic mass is 9.95. The molecule has 0 aromatic carbocycles. The average Bonchev–Trinajstić information content (AvgIpc) is 3.13. The van der Waals surface area contributed by atoms with Crippen LogP contribution in [0.25, 0.3) is 0 Å². The molecule has 0 bridgehead atoms. The number of amides is 1. The molecule has 1 aliphatic rings. The molecule has 1 aliphatic carbocycles. The third-order valence-corrected chi connectivity index (χ3v) is 3.95. The summed E-state index contributed by atoms with van der Waals surface area (Å²) in [7, 11) is 0. The normalized spacial score (nSPS) is 18.1. The maximum absolute atomic E-state index is 11.8. The summed E-state index contributed by atoms with van der Waals surface area (Å²) in [4.78, 5) is 22.7. The summed E-state index contributed by atoms with van der Waals surface area (Å²) < 4.78 is 0. The number of carboxylic acids is 1. The van der Waals surface area contributed by atoms with Crippen molar-refractivity contribution in [2.24, 2.45) is 11.3 Å². The Hall–Kier alpha value is -1.06. The zero-order valence-corrected chi connectivity index (χ0v) is 11.5. The van der Waals surface area contributed by atoms with Gasteiger partial charge in [0.05, 0.1) is 5.41 Å². The molecule has 18 heavy (non-hydrogen) atoms. The van der Waals surface area contributed by atoms with Crippen LogP contribution in [0.2, 0.25) is 0 Å². The highest BCUT2D eigenvalue weighted by Crippen LogP contribution is 2.45. The van der Waals surface area contributed by atoms with Crippen LogP contribution in [0.1, 0.15) is 58.8 Å². The number of carbonyl (C=O) groups is 2. The fourth-order valence-electron chi connectivity index (χ4n) is 2.16. The van der Waals surface area contributed by atoms with Crippen LogP contribution in [-0.4, -0.2) is 23.5 Å². The molecule has 4 nitrogen and oxygen atoms in total. The molecular formula is C14H25NO3. The van der Waals surface area contributed by atoms with Gasteiger partial charge in [-0.05, 0) is 25.2 Å². The number of unbranched alkanes of at least 4 members (excludes halogenated alkanes) is 1. The molecule has 4 heteroatoms. The number of hydrogen-bond acceptors (Lipinski definition) is 2. The highest BCUT2D eigenvalue weighted by molar-refractivity contribution is 5.81. The Morgan fingerprint density at radius 1 is 1.33 bits per heavy atom. The lowest BCUT2D eigenvalue weighted by molar-refractivity contribution is -0.143. The highest BCUT2D eigenvalue weighted by Gasteiger charge is 2.50. The molecule has 0 heterocycles. The summed E-state index contributed by atoms with van der Waals surface area (Å²) >= 11 is 0. The molecule has 0 radical (unpaired) electrons. The van der Waals surface area contributed by atoms with E-state index in [1.54, 1.807) is 0 Å². The van der Waals surface area contributed by atoms with Gasteiger partial charge in [0.1, 0.15) is 0 Å².